The summed E-state index contributed by atoms with van der Waals surface area (Å²) in [5, 5.41) is 9.39. The number of benzene rings is 1. The van der Waals surface area contributed by atoms with E-state index in [0.717, 1.165) is 24.8 Å². The Labute approximate surface area is 147 Å². The maximum Gasteiger partial charge on any atom is 1.00 e. The smallest absolute Gasteiger partial charge is 1.00 e. The average molecular weight is 252 g/mol. The van der Waals surface area contributed by atoms with E-state index in [9.17, 15) is 9.90 Å². The van der Waals surface area contributed by atoms with Crippen molar-refractivity contribution in [1.82, 2.24) is 0 Å². The first-order valence-electron chi connectivity index (χ1n) is 5.90. The Morgan fingerprint density at radius 1 is 1.28 bits per heavy atom. The molecule has 2 nitrogen and oxygen atoms in total. The molecule has 1 aromatic rings. The molecule has 1 N–H and O–H groups in total. The number of carboxylic acid groups (broad SMARTS) is 1. The predicted molar refractivity (Wildman–Crippen MR) is 67.8 cm³/mol. The summed E-state index contributed by atoms with van der Waals surface area (Å²) in [5.41, 5.74) is 0.162. The summed E-state index contributed by atoms with van der Waals surface area (Å²) in [5.74, 6) is -0.727. The van der Waals surface area contributed by atoms with Crippen LogP contribution in [0.5, 0.6) is 0 Å². The van der Waals surface area contributed by atoms with E-state index in [1.54, 1.807) is 0 Å². The van der Waals surface area contributed by atoms with Crippen LogP contribution in [0.2, 0.25) is 0 Å². The SMILES string of the molecule is CCCCCC(C)(C(=O)O)c1ccccc1.[H-].[H-].[Li+].[Na+]. The molecule has 92 valence electrons. The second-order valence-electron chi connectivity index (χ2n) is 4.46. The van der Waals surface area contributed by atoms with Crippen molar-refractivity contribution in [3.05, 3.63) is 35.9 Å². The number of hydrogen-bond acceptors (Lipinski definition) is 1. The predicted octanol–water partition coefficient (Wildman–Crippen LogP) is -2.16. The molecule has 0 fully saturated rings. The number of rotatable bonds is 6. The Hall–Kier alpha value is 0.287. The Bertz CT molecular complexity index is 352. The fourth-order valence-electron chi connectivity index (χ4n) is 1.91. The van der Waals surface area contributed by atoms with E-state index in [1.165, 1.54) is 0 Å². The van der Waals surface area contributed by atoms with Crippen LogP contribution in [0.3, 0.4) is 0 Å². The molecule has 0 amide bonds. The minimum absolute atomic E-state index is 0. The van der Waals surface area contributed by atoms with Crippen LogP contribution in [0.25, 0.3) is 0 Å². The molecule has 0 saturated heterocycles. The van der Waals surface area contributed by atoms with Crippen LogP contribution in [0.4, 0.5) is 0 Å². The van der Waals surface area contributed by atoms with Crippen molar-refractivity contribution in [2.24, 2.45) is 0 Å². The van der Waals surface area contributed by atoms with Gasteiger partial charge in [-0.1, -0.05) is 56.5 Å². The first kappa shape index (κ1) is 20.6. The first-order valence-corrected chi connectivity index (χ1v) is 5.90. The van der Waals surface area contributed by atoms with Gasteiger partial charge in [-0.2, -0.15) is 0 Å². The molecule has 0 radical (unpaired) electrons. The molecule has 0 spiro atoms. The monoisotopic (exact) mass is 252 g/mol. The van der Waals surface area contributed by atoms with Crippen molar-refractivity contribution in [1.29, 1.82) is 0 Å². The second kappa shape index (κ2) is 10.1. The van der Waals surface area contributed by atoms with Gasteiger partial charge in [0.05, 0.1) is 5.41 Å². The largest absolute Gasteiger partial charge is 1.00 e. The molecule has 0 aliphatic heterocycles. The first-order chi connectivity index (χ1) is 7.61. The molecule has 0 bridgehead atoms. The molecule has 1 rings (SSSR count). The molecular weight excluding hydrogens is 230 g/mol. The van der Waals surface area contributed by atoms with E-state index < -0.39 is 11.4 Å². The quantitative estimate of drug-likeness (QED) is 0.463. The van der Waals surface area contributed by atoms with Crippen LogP contribution in [0, 0.1) is 0 Å². The zero-order chi connectivity index (χ0) is 12.0. The van der Waals surface area contributed by atoms with Crippen LogP contribution < -0.4 is 48.4 Å². The van der Waals surface area contributed by atoms with Gasteiger partial charge in [0.2, 0.25) is 0 Å². The van der Waals surface area contributed by atoms with Crippen molar-refractivity contribution in [3.63, 3.8) is 0 Å². The van der Waals surface area contributed by atoms with E-state index in [-0.39, 0.29) is 51.3 Å². The van der Waals surface area contributed by atoms with E-state index >= 15 is 0 Å². The molecule has 18 heavy (non-hydrogen) atoms. The van der Waals surface area contributed by atoms with E-state index in [1.807, 2.05) is 37.3 Å². The molecule has 0 saturated carbocycles. The van der Waals surface area contributed by atoms with Crippen molar-refractivity contribution >= 4 is 5.97 Å². The number of carboxylic acids is 1. The maximum atomic E-state index is 11.4. The average Bonchev–Trinajstić information content (AvgIpc) is 2.30. The summed E-state index contributed by atoms with van der Waals surface area (Å²) in [7, 11) is 0. The van der Waals surface area contributed by atoms with Gasteiger partial charge < -0.3 is 7.96 Å². The van der Waals surface area contributed by atoms with Gasteiger partial charge in [-0.25, -0.2) is 0 Å². The van der Waals surface area contributed by atoms with Crippen LogP contribution in [0.1, 0.15) is 47.9 Å². The van der Waals surface area contributed by atoms with Gasteiger partial charge in [-0.05, 0) is 18.9 Å². The normalized spacial score (nSPS) is 12.8. The van der Waals surface area contributed by atoms with Gasteiger partial charge >= 0.3 is 54.4 Å². The van der Waals surface area contributed by atoms with Crippen molar-refractivity contribution in [2.45, 2.75) is 44.9 Å². The molecular formula is C14H22LiNaO2. The maximum absolute atomic E-state index is 11.4. The van der Waals surface area contributed by atoms with E-state index in [4.69, 9.17) is 0 Å². The Kier molecular flexibility index (Phi) is 11.6. The third-order valence-corrected chi connectivity index (χ3v) is 3.16. The number of unbranched alkanes of at least 4 members (excludes halogenated alkanes) is 2. The van der Waals surface area contributed by atoms with Gasteiger partial charge in [0, 0.05) is 0 Å². The van der Waals surface area contributed by atoms with Gasteiger partial charge in [0.15, 0.2) is 0 Å². The minimum Gasteiger partial charge on any atom is -1.00 e. The number of aliphatic carboxylic acids is 1. The number of hydrogen-bond donors (Lipinski definition) is 1. The van der Waals surface area contributed by atoms with Gasteiger partial charge in [-0.15, -0.1) is 0 Å². The Balaban J connectivity index is -0.000000320. The summed E-state index contributed by atoms with van der Waals surface area (Å²) >= 11 is 0. The summed E-state index contributed by atoms with van der Waals surface area (Å²) in [6.45, 7) is 3.95. The third kappa shape index (κ3) is 5.51. The molecule has 0 aliphatic rings. The van der Waals surface area contributed by atoms with Gasteiger partial charge in [0.25, 0.3) is 0 Å². The molecule has 0 heterocycles. The molecule has 0 aliphatic carbocycles. The fraction of sp³-hybridized carbons (Fsp3) is 0.500. The fourth-order valence-corrected chi connectivity index (χ4v) is 1.91. The Morgan fingerprint density at radius 3 is 2.28 bits per heavy atom. The molecule has 0 aromatic heterocycles. The molecule has 1 aromatic carbocycles. The Morgan fingerprint density at radius 2 is 1.83 bits per heavy atom. The minimum atomic E-state index is -0.740. The van der Waals surface area contributed by atoms with Crippen LogP contribution in [-0.4, -0.2) is 11.1 Å². The zero-order valence-corrected chi connectivity index (χ0v) is 14.1. The van der Waals surface area contributed by atoms with E-state index in [2.05, 4.69) is 6.92 Å². The summed E-state index contributed by atoms with van der Waals surface area (Å²) in [6.07, 6.45) is 3.88. The summed E-state index contributed by atoms with van der Waals surface area (Å²) in [4.78, 5) is 11.4. The third-order valence-electron chi connectivity index (χ3n) is 3.16. The van der Waals surface area contributed by atoms with Crippen molar-refractivity contribution in [3.8, 4) is 0 Å². The molecule has 1 unspecified atom stereocenters. The van der Waals surface area contributed by atoms with Crippen LogP contribution >= 0.6 is 0 Å². The van der Waals surface area contributed by atoms with Crippen LogP contribution in [0.15, 0.2) is 30.3 Å². The standard InChI is InChI=1S/C14H20O2.Li.Na.2H/c1-3-4-8-11-14(2,13(15)16)12-9-6-5-7-10-12;;;;/h5-7,9-10H,3-4,8,11H2,1-2H3,(H,15,16);;;;/q;2*+1;2*-1. The zero-order valence-electron chi connectivity index (χ0n) is 14.1. The summed E-state index contributed by atoms with van der Waals surface area (Å²) < 4.78 is 0. The summed E-state index contributed by atoms with van der Waals surface area (Å²) in [6, 6.07) is 9.52. The van der Waals surface area contributed by atoms with Gasteiger partial charge in [0.1, 0.15) is 0 Å². The van der Waals surface area contributed by atoms with E-state index in [0.29, 0.717) is 6.42 Å². The van der Waals surface area contributed by atoms with Crippen molar-refractivity contribution in [2.75, 3.05) is 0 Å². The topological polar surface area (TPSA) is 37.3 Å². The molecule has 4 heteroatoms. The number of carbonyl (C=O) groups is 1. The molecule has 1 atom stereocenters. The van der Waals surface area contributed by atoms with Crippen LogP contribution in [-0.2, 0) is 10.2 Å². The second-order valence-corrected chi connectivity index (χ2v) is 4.46. The van der Waals surface area contributed by atoms with Crippen molar-refractivity contribution < 1.29 is 61.2 Å². The van der Waals surface area contributed by atoms with Gasteiger partial charge in [-0.3, -0.25) is 4.79 Å².